The van der Waals surface area contributed by atoms with Crippen LogP contribution in [0.15, 0.2) is 46.7 Å². The second-order valence-electron chi connectivity index (χ2n) is 5.17. The van der Waals surface area contributed by atoms with Crippen LogP contribution in [0.2, 0.25) is 10.0 Å². The second kappa shape index (κ2) is 7.35. The largest absolute Gasteiger partial charge is 0.279 e. The van der Waals surface area contributed by atoms with Gasteiger partial charge in [-0.05, 0) is 48.4 Å². The van der Waals surface area contributed by atoms with Gasteiger partial charge in [0, 0.05) is 0 Å². The van der Waals surface area contributed by atoms with Crippen LogP contribution in [0, 0.1) is 6.92 Å². The third-order valence-corrected chi connectivity index (χ3v) is 5.78. The molecule has 6 nitrogen and oxygen atoms in total. The van der Waals surface area contributed by atoms with Gasteiger partial charge in [0.15, 0.2) is 0 Å². The van der Waals surface area contributed by atoms with Crippen LogP contribution >= 0.6 is 23.2 Å². The standard InChI is InChI=1S/C15H14Cl2N2O4S2/c1-10-2-5-15(25(18,22)23)14(8-10)19-24(20,21)7-6-11-3-4-12(16)13(17)9-11/h2-9,19H,1H3,(H2,18,22,23). The van der Waals surface area contributed by atoms with E-state index in [1.165, 1.54) is 36.4 Å². The molecule has 0 aliphatic rings. The Hall–Kier alpha value is -1.58. The van der Waals surface area contributed by atoms with E-state index in [9.17, 15) is 16.8 Å². The predicted octanol–water partition coefficient (Wildman–Crippen LogP) is 3.36. The van der Waals surface area contributed by atoms with Gasteiger partial charge in [0.2, 0.25) is 10.0 Å². The van der Waals surface area contributed by atoms with Crippen molar-refractivity contribution in [1.29, 1.82) is 0 Å². The van der Waals surface area contributed by atoms with Crippen LogP contribution in [0.25, 0.3) is 6.08 Å². The van der Waals surface area contributed by atoms with Gasteiger partial charge < -0.3 is 0 Å². The highest BCUT2D eigenvalue weighted by Gasteiger charge is 2.17. The molecule has 10 heteroatoms. The molecule has 0 bridgehead atoms. The molecule has 0 aliphatic heterocycles. The first kappa shape index (κ1) is 19.7. The summed E-state index contributed by atoms with van der Waals surface area (Å²) in [5.74, 6) is 0. The number of primary sulfonamides is 1. The van der Waals surface area contributed by atoms with E-state index >= 15 is 0 Å². The molecular weight excluding hydrogens is 407 g/mol. The van der Waals surface area contributed by atoms with Gasteiger partial charge >= 0.3 is 0 Å². The maximum atomic E-state index is 12.2. The molecule has 2 rings (SSSR count). The van der Waals surface area contributed by atoms with Crippen LogP contribution in [-0.4, -0.2) is 16.8 Å². The number of nitrogens with two attached hydrogens (primary N) is 1. The summed E-state index contributed by atoms with van der Waals surface area (Å²) in [6, 6.07) is 8.75. The van der Waals surface area contributed by atoms with Crippen molar-refractivity contribution in [3.05, 3.63) is 63.0 Å². The van der Waals surface area contributed by atoms with Crippen LogP contribution in [0.1, 0.15) is 11.1 Å². The summed E-state index contributed by atoms with van der Waals surface area (Å²) in [7, 11) is -8.07. The minimum Gasteiger partial charge on any atom is -0.279 e. The minimum absolute atomic E-state index is 0.124. The first-order valence-electron chi connectivity index (χ1n) is 6.77. The molecule has 2 aromatic rings. The number of hydrogen-bond donors (Lipinski definition) is 2. The molecule has 3 N–H and O–H groups in total. The number of rotatable bonds is 5. The van der Waals surface area contributed by atoms with Gasteiger partial charge in [-0.3, -0.25) is 4.72 Å². The third kappa shape index (κ3) is 5.45. The zero-order valence-corrected chi connectivity index (χ0v) is 16.0. The molecule has 0 fully saturated rings. The molecule has 0 radical (unpaired) electrons. The summed E-state index contributed by atoms with van der Waals surface area (Å²) < 4.78 is 49.8. The molecule has 2 aromatic carbocycles. The van der Waals surface area contributed by atoms with E-state index in [-0.39, 0.29) is 15.6 Å². The molecule has 0 aromatic heterocycles. The van der Waals surface area contributed by atoms with Gasteiger partial charge in [0.05, 0.1) is 21.1 Å². The summed E-state index contributed by atoms with van der Waals surface area (Å²) in [5, 5.41) is 6.63. The molecule has 134 valence electrons. The van der Waals surface area contributed by atoms with Gasteiger partial charge in [-0.25, -0.2) is 22.0 Å². The maximum absolute atomic E-state index is 12.2. The molecule has 25 heavy (non-hydrogen) atoms. The van der Waals surface area contributed by atoms with E-state index in [1.54, 1.807) is 13.0 Å². The van der Waals surface area contributed by atoms with Gasteiger partial charge in [0.1, 0.15) is 4.90 Å². The number of halogens is 2. The summed E-state index contributed by atoms with van der Waals surface area (Å²) in [6.45, 7) is 1.69. The molecule has 0 unspecified atom stereocenters. The maximum Gasteiger partial charge on any atom is 0.255 e. The summed E-state index contributed by atoms with van der Waals surface area (Å²) in [4.78, 5) is -0.315. The number of nitrogens with one attached hydrogen (secondary N) is 1. The van der Waals surface area contributed by atoms with Crippen LogP contribution in [0.4, 0.5) is 5.69 Å². The van der Waals surface area contributed by atoms with Crippen molar-refractivity contribution >= 4 is 55.0 Å². The Kier molecular flexibility index (Phi) is 5.80. The molecular formula is C15H14Cl2N2O4S2. The van der Waals surface area contributed by atoms with E-state index in [0.29, 0.717) is 16.1 Å². The van der Waals surface area contributed by atoms with E-state index in [4.69, 9.17) is 28.3 Å². The zero-order valence-electron chi connectivity index (χ0n) is 12.9. The summed E-state index contributed by atoms with van der Waals surface area (Å²) in [6.07, 6.45) is 1.30. The van der Waals surface area contributed by atoms with Crippen molar-refractivity contribution in [2.75, 3.05) is 4.72 Å². The highest BCUT2D eigenvalue weighted by molar-refractivity contribution is 7.95. The number of hydrogen-bond acceptors (Lipinski definition) is 4. The van der Waals surface area contributed by atoms with Crippen molar-refractivity contribution < 1.29 is 16.8 Å². The fraction of sp³-hybridized carbons (Fsp3) is 0.0667. The smallest absolute Gasteiger partial charge is 0.255 e. The van der Waals surface area contributed by atoms with Crippen LogP contribution < -0.4 is 9.86 Å². The Morgan fingerprint density at radius 1 is 1.00 bits per heavy atom. The lowest BCUT2D eigenvalue weighted by Gasteiger charge is -2.10. The average molecular weight is 421 g/mol. The lowest BCUT2D eigenvalue weighted by molar-refractivity contribution is 0.598. The number of anilines is 1. The topological polar surface area (TPSA) is 106 Å². The van der Waals surface area contributed by atoms with Gasteiger partial charge in [-0.15, -0.1) is 0 Å². The fourth-order valence-corrected chi connectivity index (χ4v) is 3.87. The normalized spacial score (nSPS) is 12.5. The quantitative estimate of drug-likeness (QED) is 0.772. The Balaban J connectivity index is 2.34. The molecule has 0 amide bonds. The summed E-state index contributed by atoms with van der Waals surface area (Å²) in [5.41, 5.74) is 1.05. The Bertz CT molecular complexity index is 1050. The van der Waals surface area contributed by atoms with Crippen LogP contribution in [-0.2, 0) is 20.0 Å². The fourth-order valence-electron chi connectivity index (χ4n) is 1.94. The monoisotopic (exact) mass is 420 g/mol. The summed E-state index contributed by atoms with van der Waals surface area (Å²) >= 11 is 11.7. The predicted molar refractivity (Wildman–Crippen MR) is 101 cm³/mol. The van der Waals surface area contributed by atoms with Crippen molar-refractivity contribution in [2.45, 2.75) is 11.8 Å². The highest BCUT2D eigenvalue weighted by atomic mass is 35.5. The first-order chi connectivity index (χ1) is 11.5. The first-order valence-corrected chi connectivity index (χ1v) is 10.6. The molecule has 0 atom stereocenters. The van der Waals surface area contributed by atoms with Crippen molar-refractivity contribution in [1.82, 2.24) is 0 Å². The molecule has 0 heterocycles. The van der Waals surface area contributed by atoms with E-state index < -0.39 is 20.0 Å². The molecule has 0 saturated heterocycles. The van der Waals surface area contributed by atoms with Gasteiger partial charge in [-0.2, -0.15) is 0 Å². The van der Waals surface area contributed by atoms with Crippen molar-refractivity contribution in [3.8, 4) is 0 Å². The Morgan fingerprint density at radius 2 is 1.68 bits per heavy atom. The van der Waals surface area contributed by atoms with Crippen LogP contribution in [0.5, 0.6) is 0 Å². The Morgan fingerprint density at radius 3 is 2.28 bits per heavy atom. The number of sulfonamides is 2. The highest BCUT2D eigenvalue weighted by Crippen LogP contribution is 2.25. The zero-order chi connectivity index (χ0) is 18.8. The van der Waals surface area contributed by atoms with E-state index in [0.717, 1.165) is 5.41 Å². The lowest BCUT2D eigenvalue weighted by atomic mass is 10.2. The average Bonchev–Trinajstić information content (AvgIpc) is 2.47. The van der Waals surface area contributed by atoms with Crippen LogP contribution in [0.3, 0.4) is 0 Å². The second-order valence-corrected chi connectivity index (χ2v) is 9.08. The number of benzene rings is 2. The Labute approximate surface area is 156 Å². The van der Waals surface area contributed by atoms with E-state index in [2.05, 4.69) is 4.72 Å². The molecule has 0 spiro atoms. The lowest BCUT2D eigenvalue weighted by Crippen LogP contribution is -2.17. The molecule has 0 aliphatic carbocycles. The molecule has 0 saturated carbocycles. The third-order valence-electron chi connectivity index (χ3n) is 3.08. The number of aryl methyl sites for hydroxylation is 1. The van der Waals surface area contributed by atoms with Gasteiger partial charge in [0.25, 0.3) is 10.0 Å². The van der Waals surface area contributed by atoms with Gasteiger partial charge in [-0.1, -0.05) is 35.3 Å². The van der Waals surface area contributed by atoms with Crippen molar-refractivity contribution in [3.63, 3.8) is 0 Å². The van der Waals surface area contributed by atoms with E-state index in [1.807, 2.05) is 0 Å². The SMILES string of the molecule is Cc1ccc(S(N)(=O)=O)c(NS(=O)(=O)C=Cc2ccc(Cl)c(Cl)c2)c1. The van der Waals surface area contributed by atoms with Crippen molar-refractivity contribution in [2.24, 2.45) is 5.14 Å². The minimum atomic E-state index is -4.08.